The first-order chi connectivity index (χ1) is 7.93. The lowest BCUT2D eigenvalue weighted by Gasteiger charge is -2.23. The van der Waals surface area contributed by atoms with Gasteiger partial charge in [-0.05, 0) is 5.92 Å². The molecule has 0 rings (SSSR count). The lowest BCUT2D eigenvalue weighted by atomic mass is 9.99. The maximum Gasteiger partial charge on any atom is 0.326 e. The van der Waals surface area contributed by atoms with Crippen LogP contribution in [0.15, 0.2) is 0 Å². The molecule has 0 aliphatic heterocycles. The highest BCUT2D eigenvalue weighted by Gasteiger charge is 2.26. The Labute approximate surface area is 101 Å². The number of carboxylic acid groups (broad SMARTS) is 1. The van der Waals surface area contributed by atoms with Crippen molar-refractivity contribution in [2.45, 2.75) is 32.7 Å². The summed E-state index contributed by atoms with van der Waals surface area (Å²) in [6.45, 7) is 3.93. The summed E-state index contributed by atoms with van der Waals surface area (Å²) in [6.07, 6.45) is 0.893. The van der Waals surface area contributed by atoms with Crippen LogP contribution in [0.4, 0.5) is 4.79 Å². The van der Waals surface area contributed by atoms with E-state index in [-0.39, 0.29) is 18.9 Å². The molecule has 0 aromatic carbocycles. The molecular formula is C11H19N3O3. The number of rotatable bonds is 6. The van der Waals surface area contributed by atoms with Gasteiger partial charge in [-0.3, -0.25) is 0 Å². The van der Waals surface area contributed by atoms with Crippen LogP contribution >= 0.6 is 0 Å². The maximum atomic E-state index is 11.6. The van der Waals surface area contributed by atoms with Crippen molar-refractivity contribution >= 4 is 12.0 Å². The summed E-state index contributed by atoms with van der Waals surface area (Å²) in [4.78, 5) is 23.9. The molecule has 0 heterocycles. The fraction of sp³-hybridized carbons (Fsp3) is 0.727. The minimum atomic E-state index is -1.04. The van der Waals surface area contributed by atoms with Crippen LogP contribution in [0.25, 0.3) is 0 Å². The minimum Gasteiger partial charge on any atom is -0.480 e. The van der Waals surface area contributed by atoms with Crippen LogP contribution < -0.4 is 5.32 Å². The number of nitrogens with zero attached hydrogens (tertiary/aromatic N) is 2. The maximum absolute atomic E-state index is 11.6. The lowest BCUT2D eigenvalue weighted by Crippen LogP contribution is -2.49. The van der Waals surface area contributed by atoms with E-state index in [4.69, 9.17) is 10.4 Å². The second-order valence-corrected chi connectivity index (χ2v) is 3.98. The fourth-order valence-corrected chi connectivity index (χ4v) is 1.25. The van der Waals surface area contributed by atoms with E-state index >= 15 is 0 Å². The standard InChI is InChI=1S/C11H19N3O3/c1-4-8(2)9(10(15)16)13-11(17)14(3)7-5-6-12/h8-9H,4-5,7H2,1-3H3,(H,13,17)(H,15,16)/t8-,9-/m0/s1. The third-order valence-electron chi connectivity index (χ3n) is 2.66. The van der Waals surface area contributed by atoms with Gasteiger partial charge in [0.05, 0.1) is 12.5 Å². The molecule has 6 heteroatoms. The molecule has 0 aliphatic rings. The third kappa shape index (κ3) is 5.20. The summed E-state index contributed by atoms with van der Waals surface area (Å²) < 4.78 is 0. The van der Waals surface area contributed by atoms with Gasteiger partial charge in [-0.2, -0.15) is 5.26 Å². The van der Waals surface area contributed by atoms with Crippen LogP contribution in [0.2, 0.25) is 0 Å². The molecule has 0 radical (unpaired) electrons. The molecule has 0 fully saturated rings. The van der Waals surface area contributed by atoms with E-state index in [2.05, 4.69) is 5.32 Å². The van der Waals surface area contributed by atoms with Crippen LogP contribution in [0, 0.1) is 17.2 Å². The smallest absolute Gasteiger partial charge is 0.326 e. The van der Waals surface area contributed by atoms with Gasteiger partial charge in [-0.25, -0.2) is 9.59 Å². The number of urea groups is 1. The van der Waals surface area contributed by atoms with Crippen molar-refractivity contribution in [3.63, 3.8) is 0 Å². The molecular weight excluding hydrogens is 222 g/mol. The summed E-state index contributed by atoms with van der Waals surface area (Å²) in [6, 6.07) is 0.569. The molecule has 0 aromatic heterocycles. The fourth-order valence-electron chi connectivity index (χ4n) is 1.25. The second-order valence-electron chi connectivity index (χ2n) is 3.98. The molecule has 0 aromatic rings. The number of carboxylic acids is 1. The zero-order chi connectivity index (χ0) is 13.4. The molecule has 17 heavy (non-hydrogen) atoms. The Bertz CT molecular complexity index is 312. The largest absolute Gasteiger partial charge is 0.480 e. The van der Waals surface area contributed by atoms with Crippen LogP contribution in [0.1, 0.15) is 26.7 Å². The van der Waals surface area contributed by atoms with Gasteiger partial charge in [0, 0.05) is 13.6 Å². The van der Waals surface area contributed by atoms with E-state index in [1.807, 2.05) is 13.0 Å². The summed E-state index contributed by atoms with van der Waals surface area (Å²) in [5.41, 5.74) is 0. The van der Waals surface area contributed by atoms with Gasteiger partial charge in [-0.1, -0.05) is 20.3 Å². The van der Waals surface area contributed by atoms with E-state index in [0.29, 0.717) is 6.42 Å². The zero-order valence-electron chi connectivity index (χ0n) is 10.4. The first-order valence-corrected chi connectivity index (χ1v) is 5.55. The van der Waals surface area contributed by atoms with Crippen LogP contribution in [0.3, 0.4) is 0 Å². The van der Waals surface area contributed by atoms with Crippen LogP contribution in [-0.4, -0.2) is 41.6 Å². The topological polar surface area (TPSA) is 93.4 Å². The first kappa shape index (κ1) is 15.2. The Morgan fingerprint density at radius 2 is 2.12 bits per heavy atom. The third-order valence-corrected chi connectivity index (χ3v) is 2.66. The Morgan fingerprint density at radius 3 is 2.53 bits per heavy atom. The van der Waals surface area contributed by atoms with Gasteiger partial charge in [-0.15, -0.1) is 0 Å². The Kier molecular flexibility index (Phi) is 6.71. The molecule has 2 N–H and O–H groups in total. The molecule has 2 atom stereocenters. The highest BCUT2D eigenvalue weighted by Crippen LogP contribution is 2.08. The van der Waals surface area contributed by atoms with E-state index < -0.39 is 18.0 Å². The molecule has 0 saturated carbocycles. The number of aliphatic carboxylic acids is 1. The summed E-state index contributed by atoms with van der Waals surface area (Å²) in [7, 11) is 1.53. The van der Waals surface area contributed by atoms with E-state index in [0.717, 1.165) is 0 Å². The average Bonchev–Trinajstić information content (AvgIpc) is 2.31. The van der Waals surface area contributed by atoms with Gasteiger partial charge in [0.25, 0.3) is 0 Å². The number of nitrogens with one attached hydrogen (secondary N) is 1. The number of nitriles is 1. The van der Waals surface area contributed by atoms with Crippen molar-refractivity contribution in [3.8, 4) is 6.07 Å². The first-order valence-electron chi connectivity index (χ1n) is 5.55. The van der Waals surface area contributed by atoms with Crippen molar-refractivity contribution in [1.82, 2.24) is 10.2 Å². The summed E-state index contributed by atoms with van der Waals surface area (Å²) in [5, 5.41) is 19.8. The lowest BCUT2D eigenvalue weighted by molar-refractivity contribution is -0.140. The van der Waals surface area contributed by atoms with Crippen molar-refractivity contribution in [3.05, 3.63) is 0 Å². The van der Waals surface area contributed by atoms with E-state index in [1.165, 1.54) is 11.9 Å². The summed E-state index contributed by atoms with van der Waals surface area (Å²) in [5.74, 6) is -1.18. The van der Waals surface area contributed by atoms with Crippen LogP contribution in [0.5, 0.6) is 0 Å². The number of carbonyl (C=O) groups is 2. The predicted octanol–water partition coefficient (Wildman–Crippen LogP) is 1.04. The molecule has 0 aliphatic carbocycles. The van der Waals surface area contributed by atoms with Gasteiger partial charge in [0.1, 0.15) is 6.04 Å². The Morgan fingerprint density at radius 1 is 1.53 bits per heavy atom. The SMILES string of the molecule is CC[C@H](C)[C@H](NC(=O)N(C)CCC#N)C(=O)O. The highest BCUT2D eigenvalue weighted by molar-refractivity contribution is 5.82. The number of hydrogen-bond acceptors (Lipinski definition) is 3. The molecule has 6 nitrogen and oxygen atoms in total. The van der Waals surface area contributed by atoms with Gasteiger partial charge in [0.15, 0.2) is 0 Å². The van der Waals surface area contributed by atoms with Crippen molar-refractivity contribution in [2.24, 2.45) is 5.92 Å². The van der Waals surface area contributed by atoms with Crippen molar-refractivity contribution in [2.75, 3.05) is 13.6 Å². The van der Waals surface area contributed by atoms with Crippen molar-refractivity contribution < 1.29 is 14.7 Å². The van der Waals surface area contributed by atoms with Gasteiger partial charge in [0.2, 0.25) is 0 Å². The molecule has 0 unspecified atom stereocenters. The molecule has 0 bridgehead atoms. The summed E-state index contributed by atoms with van der Waals surface area (Å²) >= 11 is 0. The van der Waals surface area contributed by atoms with Crippen molar-refractivity contribution in [1.29, 1.82) is 5.26 Å². The monoisotopic (exact) mass is 241 g/mol. The minimum absolute atomic E-state index is 0.138. The Balaban J connectivity index is 4.41. The van der Waals surface area contributed by atoms with E-state index in [9.17, 15) is 9.59 Å². The molecule has 96 valence electrons. The highest BCUT2D eigenvalue weighted by atomic mass is 16.4. The van der Waals surface area contributed by atoms with Crippen LogP contribution in [-0.2, 0) is 4.79 Å². The average molecular weight is 241 g/mol. The van der Waals surface area contributed by atoms with Gasteiger partial charge >= 0.3 is 12.0 Å². The molecule has 0 saturated heterocycles. The molecule has 0 spiro atoms. The van der Waals surface area contributed by atoms with E-state index in [1.54, 1.807) is 6.92 Å². The number of hydrogen-bond donors (Lipinski definition) is 2. The second kappa shape index (κ2) is 7.49. The number of amides is 2. The molecule has 2 amide bonds. The normalized spacial score (nSPS) is 13.3. The quantitative estimate of drug-likeness (QED) is 0.726. The van der Waals surface area contributed by atoms with Gasteiger partial charge < -0.3 is 15.3 Å². The predicted molar refractivity (Wildman–Crippen MR) is 62.3 cm³/mol. The zero-order valence-corrected chi connectivity index (χ0v) is 10.4. The Hall–Kier alpha value is -1.77. The number of carbonyl (C=O) groups excluding carboxylic acids is 1.